The van der Waals surface area contributed by atoms with Crippen molar-refractivity contribution in [2.24, 2.45) is 5.73 Å². The molecule has 2 atom stereocenters. The van der Waals surface area contributed by atoms with Crippen LogP contribution in [0.5, 0.6) is 0 Å². The Morgan fingerprint density at radius 3 is 2.80 bits per heavy atom. The number of ether oxygens (including phenoxy) is 1. The van der Waals surface area contributed by atoms with Gasteiger partial charge in [-0.1, -0.05) is 12.1 Å². The van der Waals surface area contributed by atoms with E-state index in [4.69, 9.17) is 10.5 Å². The van der Waals surface area contributed by atoms with Gasteiger partial charge in [-0.2, -0.15) is 18.3 Å². The number of hydrogen-bond donors (Lipinski definition) is 2. The van der Waals surface area contributed by atoms with Crippen LogP contribution in [0.15, 0.2) is 36.7 Å². The molecular weight excluding hydrogens is 399 g/mol. The van der Waals surface area contributed by atoms with Gasteiger partial charge in [0.05, 0.1) is 17.8 Å². The van der Waals surface area contributed by atoms with Gasteiger partial charge >= 0.3 is 6.18 Å². The number of benzene rings is 1. The second-order valence-corrected chi connectivity index (χ2v) is 7.43. The second kappa shape index (κ2) is 7.69. The number of aromatic amines is 1. The number of nitrogens with zero attached hydrogens (tertiary/aromatic N) is 3. The molecule has 1 saturated heterocycles. The van der Waals surface area contributed by atoms with E-state index in [2.05, 4.69) is 15.2 Å². The van der Waals surface area contributed by atoms with E-state index in [1.54, 1.807) is 36.4 Å². The number of primary amides is 1. The number of hydrogen-bond acceptors (Lipinski definition) is 5. The molecule has 2 aromatic heterocycles. The summed E-state index contributed by atoms with van der Waals surface area (Å²) in [4.78, 5) is 17.8. The van der Waals surface area contributed by atoms with Crippen LogP contribution < -0.4 is 5.73 Å². The van der Waals surface area contributed by atoms with Crippen LogP contribution in [0.4, 0.5) is 13.2 Å². The third kappa shape index (κ3) is 4.14. The molecule has 3 aromatic rings. The lowest BCUT2D eigenvalue weighted by Crippen LogP contribution is -2.51. The normalized spacial score (nSPS) is 20.5. The molecule has 1 aromatic carbocycles. The fraction of sp³-hybridized carbons (Fsp3) is 0.350. The zero-order chi connectivity index (χ0) is 21.5. The van der Waals surface area contributed by atoms with Gasteiger partial charge in [0.1, 0.15) is 5.69 Å². The summed E-state index contributed by atoms with van der Waals surface area (Å²) in [5.41, 5.74) is 8.37. The maximum absolute atomic E-state index is 13.1. The van der Waals surface area contributed by atoms with Crippen LogP contribution in [0.3, 0.4) is 0 Å². The summed E-state index contributed by atoms with van der Waals surface area (Å²) >= 11 is 0. The van der Waals surface area contributed by atoms with Gasteiger partial charge in [-0.05, 0) is 30.2 Å². The molecule has 1 amide bonds. The molecule has 0 bridgehead atoms. The van der Waals surface area contributed by atoms with Crippen LogP contribution in [-0.2, 0) is 11.3 Å². The van der Waals surface area contributed by atoms with Crippen molar-refractivity contribution in [2.45, 2.75) is 31.9 Å². The van der Waals surface area contributed by atoms with Crippen LogP contribution in [-0.4, -0.2) is 57.5 Å². The van der Waals surface area contributed by atoms with E-state index in [-0.39, 0.29) is 12.2 Å². The molecule has 1 aliphatic rings. The minimum Gasteiger partial charge on any atom is -0.364 e. The molecule has 1 fully saturated rings. The summed E-state index contributed by atoms with van der Waals surface area (Å²) in [6, 6.07) is 7.07. The summed E-state index contributed by atoms with van der Waals surface area (Å²) in [5, 5.41) is 7.45. The third-order valence-electron chi connectivity index (χ3n) is 5.04. The third-order valence-corrected chi connectivity index (χ3v) is 5.04. The molecule has 0 saturated carbocycles. The fourth-order valence-electron chi connectivity index (χ4n) is 3.74. The summed E-state index contributed by atoms with van der Waals surface area (Å²) < 4.78 is 44.4. The summed E-state index contributed by atoms with van der Waals surface area (Å²) in [6.07, 6.45) is -3.43. The number of carbonyl (C=O) groups excluding carboxylic acids is 1. The lowest BCUT2D eigenvalue weighted by Gasteiger charge is -2.37. The van der Waals surface area contributed by atoms with Gasteiger partial charge in [0, 0.05) is 36.8 Å². The Kier molecular flexibility index (Phi) is 5.20. The van der Waals surface area contributed by atoms with Crippen molar-refractivity contribution in [1.82, 2.24) is 20.1 Å². The van der Waals surface area contributed by atoms with Crippen molar-refractivity contribution in [3.05, 3.63) is 47.9 Å². The van der Waals surface area contributed by atoms with Crippen LogP contribution in [0.2, 0.25) is 0 Å². The molecule has 4 rings (SSSR count). The molecule has 158 valence electrons. The standard InChI is InChI=1S/C20H20F3N5O2/c1-11-8-28(10-18(30-11)20(21,22)23)9-12-2-3-14-15(13-6-25-26-7-13)5-17(19(24)29)27-16(14)4-12/h2-7,11,18H,8-10H2,1H3,(H2,24,29)(H,25,26). The number of nitrogens with one attached hydrogen (secondary N) is 1. The van der Waals surface area contributed by atoms with Crippen LogP contribution in [0.25, 0.3) is 22.0 Å². The Balaban J connectivity index is 1.67. The minimum atomic E-state index is -4.41. The first-order valence-electron chi connectivity index (χ1n) is 9.38. The van der Waals surface area contributed by atoms with Crippen LogP contribution >= 0.6 is 0 Å². The molecule has 0 aliphatic carbocycles. The molecule has 0 spiro atoms. The average Bonchev–Trinajstić information content (AvgIpc) is 3.20. The number of rotatable bonds is 4. The largest absolute Gasteiger partial charge is 0.415 e. The van der Waals surface area contributed by atoms with E-state index in [1.165, 1.54) is 0 Å². The Bertz CT molecular complexity index is 1070. The molecule has 30 heavy (non-hydrogen) atoms. The Hall–Kier alpha value is -2.98. The number of carbonyl (C=O) groups is 1. The lowest BCUT2D eigenvalue weighted by atomic mass is 10.0. The molecule has 2 unspecified atom stereocenters. The first-order valence-corrected chi connectivity index (χ1v) is 9.38. The first-order chi connectivity index (χ1) is 14.2. The van der Waals surface area contributed by atoms with Crippen molar-refractivity contribution in [1.29, 1.82) is 0 Å². The molecule has 0 radical (unpaired) electrons. The van der Waals surface area contributed by atoms with Gasteiger partial charge in [-0.25, -0.2) is 4.98 Å². The van der Waals surface area contributed by atoms with Crippen molar-refractivity contribution >= 4 is 16.8 Å². The van der Waals surface area contributed by atoms with E-state index < -0.39 is 24.3 Å². The number of amides is 1. The Labute approximate surface area is 170 Å². The smallest absolute Gasteiger partial charge is 0.364 e. The van der Waals surface area contributed by atoms with Crippen molar-refractivity contribution in [3.8, 4) is 11.1 Å². The number of alkyl halides is 3. The molecular formula is C20H20F3N5O2. The number of H-pyrrole nitrogens is 1. The van der Waals surface area contributed by atoms with Gasteiger partial charge in [-0.3, -0.25) is 14.8 Å². The highest BCUT2D eigenvalue weighted by atomic mass is 19.4. The fourth-order valence-corrected chi connectivity index (χ4v) is 3.74. The van der Waals surface area contributed by atoms with Crippen molar-refractivity contribution in [2.75, 3.05) is 13.1 Å². The average molecular weight is 419 g/mol. The second-order valence-electron chi connectivity index (χ2n) is 7.43. The monoisotopic (exact) mass is 419 g/mol. The number of aromatic nitrogens is 3. The molecule has 3 heterocycles. The zero-order valence-electron chi connectivity index (χ0n) is 16.1. The predicted octanol–water partition coefficient (Wildman–Crippen LogP) is 2.88. The van der Waals surface area contributed by atoms with Crippen LogP contribution in [0, 0.1) is 0 Å². The first kappa shape index (κ1) is 20.3. The van der Waals surface area contributed by atoms with Gasteiger partial charge in [-0.15, -0.1) is 0 Å². The maximum Gasteiger partial charge on any atom is 0.415 e. The summed E-state index contributed by atoms with van der Waals surface area (Å²) in [5.74, 6) is -0.665. The highest BCUT2D eigenvalue weighted by Crippen LogP contribution is 2.31. The highest BCUT2D eigenvalue weighted by Gasteiger charge is 2.44. The van der Waals surface area contributed by atoms with E-state index in [1.807, 2.05) is 12.1 Å². The van der Waals surface area contributed by atoms with Crippen molar-refractivity contribution < 1.29 is 22.7 Å². The molecule has 7 nitrogen and oxygen atoms in total. The number of nitrogens with two attached hydrogens (primary N) is 1. The van der Waals surface area contributed by atoms with E-state index in [0.717, 1.165) is 22.1 Å². The predicted molar refractivity (Wildman–Crippen MR) is 104 cm³/mol. The maximum atomic E-state index is 13.1. The summed E-state index contributed by atoms with van der Waals surface area (Å²) in [7, 11) is 0. The lowest BCUT2D eigenvalue weighted by molar-refractivity contribution is -0.252. The molecule has 3 N–H and O–H groups in total. The van der Waals surface area contributed by atoms with Crippen molar-refractivity contribution in [3.63, 3.8) is 0 Å². The topological polar surface area (TPSA) is 97.1 Å². The number of halogens is 3. The number of morpholine rings is 1. The van der Waals surface area contributed by atoms with Gasteiger partial charge in [0.25, 0.3) is 5.91 Å². The molecule has 10 heteroatoms. The van der Waals surface area contributed by atoms with E-state index >= 15 is 0 Å². The molecule has 1 aliphatic heterocycles. The Morgan fingerprint density at radius 2 is 2.13 bits per heavy atom. The number of fused-ring (bicyclic) bond motifs is 1. The van der Waals surface area contributed by atoms with E-state index in [9.17, 15) is 18.0 Å². The van der Waals surface area contributed by atoms with E-state index in [0.29, 0.717) is 18.6 Å². The van der Waals surface area contributed by atoms with Crippen LogP contribution in [0.1, 0.15) is 23.0 Å². The minimum absolute atomic E-state index is 0.105. The summed E-state index contributed by atoms with van der Waals surface area (Å²) in [6.45, 7) is 2.09. The number of pyridine rings is 1. The quantitative estimate of drug-likeness (QED) is 0.678. The highest BCUT2D eigenvalue weighted by molar-refractivity contribution is 6.00. The van der Waals surface area contributed by atoms with Gasteiger partial charge in [0.15, 0.2) is 6.10 Å². The SMILES string of the molecule is CC1CN(Cc2ccc3c(-c4cn[nH]c4)cc(C(N)=O)nc3c2)CC(C(F)(F)F)O1. The van der Waals surface area contributed by atoms with Gasteiger partial charge in [0.2, 0.25) is 0 Å². The zero-order valence-corrected chi connectivity index (χ0v) is 16.1. The Morgan fingerprint density at radius 1 is 1.33 bits per heavy atom. The van der Waals surface area contributed by atoms with Gasteiger partial charge < -0.3 is 10.5 Å².